The van der Waals surface area contributed by atoms with Crippen molar-refractivity contribution in [3.63, 3.8) is 0 Å². The molecule has 2 N–H and O–H groups in total. The Morgan fingerprint density at radius 2 is 1.81 bits per heavy atom. The lowest BCUT2D eigenvalue weighted by Crippen LogP contribution is -2.50. The Balaban J connectivity index is 1.40. The van der Waals surface area contributed by atoms with Gasteiger partial charge in [-0.05, 0) is 24.3 Å². The molecule has 2 amide bonds. The number of nitrogens with one attached hydrogen (secondary N) is 2. The lowest BCUT2D eigenvalue weighted by molar-refractivity contribution is -0.384. The topological polar surface area (TPSA) is 132 Å². The van der Waals surface area contributed by atoms with Gasteiger partial charge in [0.25, 0.3) is 17.5 Å². The number of anilines is 1. The zero-order chi connectivity index (χ0) is 21.8. The predicted molar refractivity (Wildman–Crippen MR) is 108 cm³/mol. The number of fused-ring (bicyclic) bond motifs is 1. The zero-order valence-electron chi connectivity index (χ0n) is 16.4. The van der Waals surface area contributed by atoms with Crippen LogP contribution in [0.5, 0.6) is 11.5 Å². The third-order valence-electron chi connectivity index (χ3n) is 4.89. The molecule has 0 spiro atoms. The Kier molecular flexibility index (Phi) is 5.85. The molecule has 0 aromatic heterocycles. The highest BCUT2D eigenvalue weighted by Gasteiger charge is 2.28. The molecule has 2 aliphatic heterocycles. The van der Waals surface area contributed by atoms with Crippen LogP contribution in [0.3, 0.4) is 0 Å². The van der Waals surface area contributed by atoms with Crippen LogP contribution in [0, 0.1) is 10.1 Å². The number of carbonyl (C=O) groups is 2. The monoisotopic (exact) mass is 428 g/mol. The van der Waals surface area contributed by atoms with E-state index in [0.29, 0.717) is 43.5 Å². The lowest BCUT2D eigenvalue weighted by Gasteiger charge is -2.28. The smallest absolute Gasteiger partial charge is 0.293 e. The van der Waals surface area contributed by atoms with E-state index in [-0.39, 0.29) is 17.9 Å². The van der Waals surface area contributed by atoms with Crippen molar-refractivity contribution < 1.29 is 28.7 Å². The van der Waals surface area contributed by atoms with E-state index >= 15 is 0 Å². The summed E-state index contributed by atoms with van der Waals surface area (Å²) in [5.41, 5.74) is 4.78. The summed E-state index contributed by atoms with van der Waals surface area (Å²) in [5.74, 6) is -0.345. The van der Waals surface area contributed by atoms with Gasteiger partial charge >= 0.3 is 0 Å². The number of morpholine rings is 1. The molecule has 1 fully saturated rings. The number of hydrogen-bond donors (Lipinski definition) is 2. The molecule has 4 rings (SSSR count). The van der Waals surface area contributed by atoms with Gasteiger partial charge in [0.1, 0.15) is 12.3 Å². The van der Waals surface area contributed by atoms with Gasteiger partial charge in [-0.3, -0.25) is 30.6 Å². The molecule has 2 heterocycles. The first-order valence-electron chi connectivity index (χ1n) is 9.63. The van der Waals surface area contributed by atoms with Crippen molar-refractivity contribution in [1.29, 1.82) is 0 Å². The van der Waals surface area contributed by atoms with Crippen LogP contribution in [0.4, 0.5) is 11.4 Å². The fourth-order valence-corrected chi connectivity index (χ4v) is 3.30. The highest BCUT2D eigenvalue weighted by molar-refractivity contribution is 5.97. The van der Waals surface area contributed by atoms with E-state index in [1.807, 2.05) is 4.90 Å². The number of para-hydroxylation sites is 2. The third kappa shape index (κ3) is 4.51. The van der Waals surface area contributed by atoms with Crippen molar-refractivity contribution in [2.24, 2.45) is 0 Å². The summed E-state index contributed by atoms with van der Waals surface area (Å²) in [5, 5.41) is 11.5. The molecule has 11 heteroatoms. The number of nitro benzene ring substituents is 1. The van der Waals surface area contributed by atoms with Crippen LogP contribution in [-0.2, 0) is 9.53 Å². The Bertz CT molecular complexity index is 1010. The van der Waals surface area contributed by atoms with Crippen LogP contribution >= 0.6 is 0 Å². The van der Waals surface area contributed by atoms with Crippen molar-refractivity contribution in [2.45, 2.75) is 6.10 Å². The average molecular weight is 428 g/mol. The van der Waals surface area contributed by atoms with Crippen molar-refractivity contribution in [1.82, 2.24) is 10.9 Å². The second-order valence-electron chi connectivity index (χ2n) is 6.87. The highest BCUT2D eigenvalue weighted by Crippen LogP contribution is 2.31. The summed E-state index contributed by atoms with van der Waals surface area (Å²) in [4.78, 5) is 37.6. The van der Waals surface area contributed by atoms with E-state index in [1.54, 1.807) is 24.3 Å². The number of benzene rings is 2. The summed E-state index contributed by atoms with van der Waals surface area (Å²) >= 11 is 0. The van der Waals surface area contributed by atoms with Crippen LogP contribution in [-0.4, -0.2) is 55.8 Å². The summed E-state index contributed by atoms with van der Waals surface area (Å²) < 4.78 is 16.3. The van der Waals surface area contributed by atoms with Gasteiger partial charge in [-0.25, -0.2) is 0 Å². The van der Waals surface area contributed by atoms with Gasteiger partial charge in [0.05, 0.1) is 18.1 Å². The molecule has 1 saturated heterocycles. The van der Waals surface area contributed by atoms with Crippen LogP contribution < -0.4 is 25.2 Å². The number of hydrogen-bond acceptors (Lipinski definition) is 8. The Hall–Kier alpha value is -3.86. The molecule has 0 saturated carbocycles. The maximum atomic E-state index is 12.4. The van der Waals surface area contributed by atoms with Crippen LogP contribution in [0.1, 0.15) is 10.4 Å². The molecular weight excluding hydrogens is 408 g/mol. The maximum Gasteiger partial charge on any atom is 0.293 e. The number of nitrogens with zero attached hydrogens (tertiary/aromatic N) is 2. The maximum absolute atomic E-state index is 12.4. The Morgan fingerprint density at radius 1 is 1.06 bits per heavy atom. The lowest BCUT2D eigenvalue weighted by atomic mass is 10.1. The van der Waals surface area contributed by atoms with Crippen molar-refractivity contribution in [3.05, 3.63) is 58.1 Å². The fraction of sp³-hybridized carbons (Fsp3) is 0.300. The minimum Gasteiger partial charge on any atom is -0.485 e. The average Bonchev–Trinajstić information content (AvgIpc) is 2.82. The molecule has 0 aliphatic carbocycles. The van der Waals surface area contributed by atoms with Gasteiger partial charge in [-0.2, -0.15) is 0 Å². The molecular formula is C20H20N4O7. The summed E-state index contributed by atoms with van der Waals surface area (Å²) in [6.45, 7) is 1.98. The number of carbonyl (C=O) groups excluding carboxylic acids is 2. The summed E-state index contributed by atoms with van der Waals surface area (Å²) in [6, 6.07) is 11.1. The van der Waals surface area contributed by atoms with E-state index < -0.39 is 22.8 Å². The minimum absolute atomic E-state index is 0.0154. The Morgan fingerprint density at radius 3 is 2.55 bits per heavy atom. The van der Waals surface area contributed by atoms with Gasteiger partial charge in [-0.15, -0.1) is 0 Å². The SMILES string of the molecule is O=C(NNC(=O)[C@H]1COc2ccccc2O1)c1ccc(N2CCOCC2)c([N+](=O)[O-])c1. The largest absolute Gasteiger partial charge is 0.485 e. The predicted octanol–water partition coefficient (Wildman–Crippen LogP) is 1.03. The number of rotatable bonds is 4. The summed E-state index contributed by atoms with van der Waals surface area (Å²) in [6.07, 6.45) is -0.951. The van der Waals surface area contributed by atoms with Crippen molar-refractivity contribution >= 4 is 23.2 Å². The zero-order valence-corrected chi connectivity index (χ0v) is 16.4. The molecule has 0 radical (unpaired) electrons. The number of nitro groups is 1. The quantitative estimate of drug-likeness (QED) is 0.545. The first-order valence-corrected chi connectivity index (χ1v) is 9.63. The van der Waals surface area contributed by atoms with E-state index in [9.17, 15) is 19.7 Å². The van der Waals surface area contributed by atoms with Crippen LogP contribution in [0.25, 0.3) is 0 Å². The van der Waals surface area contributed by atoms with E-state index in [0.717, 1.165) is 0 Å². The number of ether oxygens (including phenoxy) is 3. The number of amides is 2. The molecule has 0 unspecified atom stereocenters. The highest BCUT2D eigenvalue weighted by atomic mass is 16.6. The minimum atomic E-state index is -0.951. The van der Waals surface area contributed by atoms with Crippen molar-refractivity contribution in [3.8, 4) is 11.5 Å². The van der Waals surface area contributed by atoms with Crippen LogP contribution in [0.15, 0.2) is 42.5 Å². The third-order valence-corrected chi connectivity index (χ3v) is 4.89. The fourth-order valence-electron chi connectivity index (χ4n) is 3.30. The first kappa shape index (κ1) is 20.4. The molecule has 11 nitrogen and oxygen atoms in total. The molecule has 2 aromatic carbocycles. The molecule has 162 valence electrons. The molecule has 31 heavy (non-hydrogen) atoms. The molecule has 1 atom stereocenters. The molecule has 2 aromatic rings. The van der Waals surface area contributed by atoms with Gasteiger partial charge < -0.3 is 19.1 Å². The standard InChI is InChI=1S/C20H20N4O7/c25-19(21-22-20(26)18-12-30-16-3-1-2-4-17(16)31-18)13-5-6-14(15(11-13)24(27)28)23-7-9-29-10-8-23/h1-6,11,18H,7-10,12H2,(H,21,25)(H,22,26)/t18-/m1/s1. The second-order valence-corrected chi connectivity index (χ2v) is 6.87. The Labute approximate surface area is 177 Å². The first-order chi connectivity index (χ1) is 15.0. The van der Waals surface area contributed by atoms with E-state index in [2.05, 4.69) is 10.9 Å². The van der Waals surface area contributed by atoms with Gasteiger partial charge in [0.15, 0.2) is 11.5 Å². The van der Waals surface area contributed by atoms with Crippen molar-refractivity contribution in [2.75, 3.05) is 37.8 Å². The van der Waals surface area contributed by atoms with E-state index in [1.165, 1.54) is 18.2 Å². The molecule has 2 aliphatic rings. The second kappa shape index (κ2) is 8.88. The normalized spacial score (nSPS) is 17.5. The van der Waals surface area contributed by atoms with Gasteiger partial charge in [-0.1, -0.05) is 12.1 Å². The number of hydrazine groups is 1. The van der Waals surface area contributed by atoms with E-state index in [4.69, 9.17) is 14.2 Å². The molecule has 0 bridgehead atoms. The van der Waals surface area contributed by atoms with Gasteiger partial charge in [0.2, 0.25) is 6.10 Å². The van der Waals surface area contributed by atoms with Crippen LogP contribution in [0.2, 0.25) is 0 Å². The van der Waals surface area contributed by atoms with Gasteiger partial charge in [0, 0.05) is 24.7 Å². The summed E-state index contributed by atoms with van der Waals surface area (Å²) in [7, 11) is 0.